The van der Waals surface area contributed by atoms with E-state index < -0.39 is 57.5 Å². The van der Waals surface area contributed by atoms with E-state index in [1.54, 1.807) is 0 Å². The first-order valence-corrected chi connectivity index (χ1v) is 11.6. The van der Waals surface area contributed by atoms with E-state index in [4.69, 9.17) is 16.3 Å². The number of anilines is 1. The third-order valence-electron chi connectivity index (χ3n) is 5.62. The number of nitro benzene ring substituents is 1. The number of nitrogens with one attached hydrogen (secondary N) is 1. The van der Waals surface area contributed by atoms with Crippen molar-refractivity contribution in [3.63, 3.8) is 0 Å². The smallest absolute Gasteiger partial charge is 0.416 e. The van der Waals surface area contributed by atoms with Crippen molar-refractivity contribution in [1.29, 1.82) is 0 Å². The lowest BCUT2D eigenvalue weighted by Gasteiger charge is -2.26. The highest BCUT2D eigenvalue weighted by atomic mass is 35.5. The van der Waals surface area contributed by atoms with Crippen LogP contribution in [0, 0.1) is 10.1 Å². The zero-order chi connectivity index (χ0) is 30.1. The van der Waals surface area contributed by atoms with Crippen LogP contribution in [0.1, 0.15) is 21.5 Å². The van der Waals surface area contributed by atoms with Gasteiger partial charge in [-0.3, -0.25) is 25.0 Å². The van der Waals surface area contributed by atoms with Crippen LogP contribution in [0.15, 0.2) is 66.2 Å². The molecule has 1 fully saturated rings. The molecular formula is C26H15ClF3N3O8. The van der Waals surface area contributed by atoms with Gasteiger partial charge in [-0.15, -0.1) is 0 Å². The largest absolute Gasteiger partial charge is 0.465 e. The maximum absolute atomic E-state index is 13.1. The van der Waals surface area contributed by atoms with E-state index in [2.05, 4.69) is 4.74 Å². The van der Waals surface area contributed by atoms with Crippen molar-refractivity contribution in [3.05, 3.63) is 98.1 Å². The van der Waals surface area contributed by atoms with Gasteiger partial charge in [0.2, 0.25) is 5.75 Å². The van der Waals surface area contributed by atoms with Gasteiger partial charge in [-0.1, -0.05) is 17.7 Å². The number of nitrogens with zero attached hydrogens (tertiary/aromatic N) is 2. The summed E-state index contributed by atoms with van der Waals surface area (Å²) < 4.78 is 48.9. The van der Waals surface area contributed by atoms with Crippen LogP contribution in [-0.4, -0.2) is 35.8 Å². The molecular weight excluding hydrogens is 575 g/mol. The fraction of sp³-hybridized carbons (Fsp3) is 0.0769. The quantitative estimate of drug-likeness (QED) is 0.130. The number of nitro groups is 1. The Kier molecular flexibility index (Phi) is 7.78. The highest BCUT2D eigenvalue weighted by Gasteiger charge is 2.37. The molecule has 0 bridgehead atoms. The number of hydrogen-bond acceptors (Lipinski definition) is 8. The molecule has 0 atom stereocenters. The van der Waals surface area contributed by atoms with Crippen molar-refractivity contribution >= 4 is 52.9 Å². The number of alkyl halides is 3. The molecule has 210 valence electrons. The molecule has 0 saturated carbocycles. The van der Waals surface area contributed by atoms with Crippen molar-refractivity contribution < 1.29 is 46.7 Å². The number of halogens is 4. The van der Waals surface area contributed by atoms with E-state index in [0.29, 0.717) is 17.0 Å². The second kappa shape index (κ2) is 11.1. The summed E-state index contributed by atoms with van der Waals surface area (Å²) in [6.07, 6.45) is -3.69. The molecule has 0 unspecified atom stereocenters. The summed E-state index contributed by atoms with van der Waals surface area (Å²) in [5.74, 6) is -3.30. The van der Waals surface area contributed by atoms with Crippen LogP contribution < -0.4 is 15.0 Å². The van der Waals surface area contributed by atoms with Crippen LogP contribution in [-0.2, 0) is 20.5 Å². The minimum atomic E-state index is -4.81. The van der Waals surface area contributed by atoms with Gasteiger partial charge in [0.25, 0.3) is 11.8 Å². The van der Waals surface area contributed by atoms with E-state index in [1.807, 2.05) is 5.32 Å². The highest BCUT2D eigenvalue weighted by Crippen LogP contribution is 2.39. The number of esters is 1. The standard InChI is InChI=1S/C26H15ClF3N3O8/c1-40-24(36)14-3-6-16(7-4-14)32-23(35)17(22(34)31-25(32)37)10-13-2-8-20(18(27)11-13)41-21-9-5-15(26(28,29)30)12-19(21)33(38)39/h2-12H,1H3,(H,31,34,37)/b17-10+. The summed E-state index contributed by atoms with van der Waals surface area (Å²) in [5, 5.41) is 13.2. The van der Waals surface area contributed by atoms with Crippen molar-refractivity contribution in [3.8, 4) is 11.5 Å². The molecule has 1 saturated heterocycles. The van der Waals surface area contributed by atoms with E-state index >= 15 is 0 Å². The Morgan fingerprint density at radius 2 is 1.68 bits per heavy atom. The lowest BCUT2D eigenvalue weighted by molar-refractivity contribution is -0.385. The molecule has 1 N–H and O–H groups in total. The van der Waals surface area contributed by atoms with E-state index in [9.17, 15) is 42.5 Å². The number of rotatable bonds is 6. The molecule has 4 amide bonds. The number of carbonyl (C=O) groups is 4. The zero-order valence-corrected chi connectivity index (χ0v) is 21.3. The van der Waals surface area contributed by atoms with E-state index in [-0.39, 0.29) is 27.6 Å². The first kappa shape index (κ1) is 28.8. The first-order chi connectivity index (χ1) is 19.3. The Morgan fingerprint density at radius 3 is 2.27 bits per heavy atom. The number of hydrogen-bond donors (Lipinski definition) is 1. The summed E-state index contributed by atoms with van der Waals surface area (Å²) in [6.45, 7) is 0. The number of carbonyl (C=O) groups excluding carboxylic acids is 4. The lowest BCUT2D eigenvalue weighted by atomic mass is 10.1. The number of imide groups is 2. The summed E-state index contributed by atoms with van der Waals surface area (Å²) in [5.41, 5.74) is -2.25. The predicted molar refractivity (Wildman–Crippen MR) is 136 cm³/mol. The SMILES string of the molecule is COC(=O)c1ccc(N2C(=O)NC(=O)/C(=C\c3ccc(Oc4ccc(C(F)(F)F)cc4[N+](=O)[O-])c(Cl)c3)C2=O)cc1. The van der Waals surface area contributed by atoms with Gasteiger partial charge >= 0.3 is 23.9 Å². The molecule has 1 aliphatic heterocycles. The molecule has 1 aliphatic rings. The van der Waals surface area contributed by atoms with Crippen molar-refractivity contribution in [1.82, 2.24) is 5.32 Å². The van der Waals surface area contributed by atoms with Gasteiger partial charge in [-0.2, -0.15) is 13.2 Å². The molecule has 0 radical (unpaired) electrons. The summed E-state index contributed by atoms with van der Waals surface area (Å²) in [7, 11) is 1.18. The Bertz CT molecular complexity index is 1640. The highest BCUT2D eigenvalue weighted by molar-refractivity contribution is 6.39. The summed E-state index contributed by atoms with van der Waals surface area (Å²) in [4.78, 5) is 60.6. The molecule has 1 heterocycles. The van der Waals surface area contributed by atoms with E-state index in [0.717, 1.165) is 12.1 Å². The molecule has 0 aromatic heterocycles. The van der Waals surface area contributed by atoms with Crippen LogP contribution in [0.2, 0.25) is 5.02 Å². The molecule has 3 aromatic carbocycles. The number of methoxy groups -OCH3 is 1. The van der Waals surface area contributed by atoms with Gasteiger partial charge in [-0.05, 0) is 60.2 Å². The molecule has 0 aliphatic carbocycles. The molecule has 3 aromatic rings. The van der Waals surface area contributed by atoms with Crippen molar-refractivity contribution in [2.75, 3.05) is 12.0 Å². The van der Waals surface area contributed by atoms with Gasteiger partial charge in [0.1, 0.15) is 11.3 Å². The number of benzene rings is 3. The normalized spacial score (nSPS) is 14.6. The van der Waals surface area contributed by atoms with Gasteiger partial charge < -0.3 is 9.47 Å². The van der Waals surface area contributed by atoms with Gasteiger partial charge in [0.05, 0.1) is 33.9 Å². The van der Waals surface area contributed by atoms with Crippen molar-refractivity contribution in [2.45, 2.75) is 6.18 Å². The van der Waals surface area contributed by atoms with Crippen LogP contribution >= 0.6 is 11.6 Å². The second-order valence-corrected chi connectivity index (χ2v) is 8.63. The average molecular weight is 590 g/mol. The average Bonchev–Trinajstić information content (AvgIpc) is 2.91. The van der Waals surface area contributed by atoms with Crippen LogP contribution in [0.4, 0.5) is 29.3 Å². The maximum atomic E-state index is 13.1. The summed E-state index contributed by atoms with van der Waals surface area (Å²) in [6, 6.07) is 9.70. The molecule has 15 heteroatoms. The predicted octanol–water partition coefficient (Wildman–Crippen LogP) is 5.51. The monoisotopic (exact) mass is 589 g/mol. The van der Waals surface area contributed by atoms with Gasteiger partial charge in [0, 0.05) is 6.07 Å². The maximum Gasteiger partial charge on any atom is 0.416 e. The fourth-order valence-electron chi connectivity index (χ4n) is 3.65. The first-order valence-electron chi connectivity index (χ1n) is 11.2. The topological polar surface area (TPSA) is 145 Å². The number of amides is 4. The zero-order valence-electron chi connectivity index (χ0n) is 20.5. The fourth-order valence-corrected chi connectivity index (χ4v) is 3.88. The Hall–Kier alpha value is -5.24. The molecule has 11 nitrogen and oxygen atoms in total. The molecule has 0 spiro atoms. The third kappa shape index (κ3) is 6.01. The summed E-state index contributed by atoms with van der Waals surface area (Å²) >= 11 is 6.21. The van der Waals surface area contributed by atoms with Crippen LogP contribution in [0.3, 0.4) is 0 Å². The van der Waals surface area contributed by atoms with Gasteiger partial charge in [0.15, 0.2) is 0 Å². The lowest BCUT2D eigenvalue weighted by Crippen LogP contribution is -2.54. The minimum absolute atomic E-state index is 0.0541. The van der Waals surface area contributed by atoms with Crippen LogP contribution in [0.5, 0.6) is 11.5 Å². The Labute approximate surface area is 232 Å². The van der Waals surface area contributed by atoms with E-state index in [1.165, 1.54) is 49.6 Å². The number of urea groups is 1. The van der Waals surface area contributed by atoms with Gasteiger partial charge in [-0.25, -0.2) is 14.5 Å². The Balaban J connectivity index is 1.61. The number of barbiturate groups is 1. The second-order valence-electron chi connectivity index (χ2n) is 8.23. The van der Waals surface area contributed by atoms with Crippen LogP contribution in [0.25, 0.3) is 6.08 Å². The molecule has 4 rings (SSSR count). The molecule has 41 heavy (non-hydrogen) atoms. The third-order valence-corrected chi connectivity index (χ3v) is 5.91. The number of ether oxygens (including phenoxy) is 2. The Morgan fingerprint density at radius 1 is 1.02 bits per heavy atom. The minimum Gasteiger partial charge on any atom is -0.465 e. The van der Waals surface area contributed by atoms with Crippen molar-refractivity contribution in [2.24, 2.45) is 0 Å².